The van der Waals surface area contributed by atoms with Crippen LogP contribution in [0.1, 0.15) is 28.4 Å². The van der Waals surface area contributed by atoms with E-state index in [1.807, 2.05) is 36.4 Å². The van der Waals surface area contributed by atoms with Crippen molar-refractivity contribution in [3.8, 4) is 0 Å². The Morgan fingerprint density at radius 1 is 0.792 bits per heavy atom. The first-order valence-electron chi connectivity index (χ1n) is 16.7. The number of hydrogen-bond donors (Lipinski definition) is 1. The highest BCUT2D eigenvalue weighted by molar-refractivity contribution is 5.89. The normalized spacial score (nSPS) is 28.2. The van der Waals surface area contributed by atoms with Crippen molar-refractivity contribution < 1.29 is 62.1 Å². The molecule has 53 heavy (non-hydrogen) atoms. The summed E-state index contributed by atoms with van der Waals surface area (Å²) in [5, 5.41) is 15.3. The van der Waals surface area contributed by atoms with E-state index in [-0.39, 0.29) is 18.8 Å². The topological polar surface area (TPSA) is 203 Å². The second kappa shape index (κ2) is 19.3. The number of carbonyl (C=O) groups excluding carboxylic acids is 3. The van der Waals surface area contributed by atoms with Crippen molar-refractivity contribution in [1.82, 2.24) is 0 Å². The van der Waals surface area contributed by atoms with E-state index >= 15 is 0 Å². The summed E-state index contributed by atoms with van der Waals surface area (Å²) in [4.78, 5) is 41.6. The van der Waals surface area contributed by atoms with Crippen LogP contribution < -0.4 is 0 Å². The molecule has 3 aromatic carbocycles. The van der Waals surface area contributed by atoms with Crippen LogP contribution in [0.2, 0.25) is 0 Å². The number of esters is 3. The Bertz CT molecular complexity index is 1680. The van der Waals surface area contributed by atoms with Crippen molar-refractivity contribution in [1.29, 1.82) is 0 Å². The molecule has 10 atom stereocenters. The summed E-state index contributed by atoms with van der Waals surface area (Å²) in [5.74, 6) is -2.29. The summed E-state index contributed by atoms with van der Waals surface area (Å²) in [6, 6.07) is 24.9. The summed E-state index contributed by atoms with van der Waals surface area (Å²) >= 11 is 0. The van der Waals surface area contributed by atoms with E-state index in [1.165, 1.54) is 14.0 Å². The first-order chi connectivity index (χ1) is 25.7. The third-order valence-corrected chi connectivity index (χ3v) is 8.55. The standard InChI is InChI=1S/C37H41N3O13/c1-22(41)47-21-26-28(42)29(48-19-23-13-7-4-8-14-23)27(39-40-38)36(50-26)52-31-30(49-20-24-15-9-5-10-16-24)33(37(46-3)53-32(31)35(44)45-2)51-34(43)25-17-11-6-12-18-25/h4-18,26-33,36-37,42H,19-21H2,1-3H3/t26-,27-,28-,29-,30+,31+,32-,33-,36-,37-/m1/s1. The molecule has 0 saturated carbocycles. The molecule has 2 heterocycles. The minimum absolute atomic E-state index is 0.0137. The van der Waals surface area contributed by atoms with Crippen LogP contribution in [0.5, 0.6) is 0 Å². The summed E-state index contributed by atoms with van der Waals surface area (Å²) in [6.45, 7) is 0.702. The van der Waals surface area contributed by atoms with E-state index in [1.54, 1.807) is 54.6 Å². The molecule has 2 aliphatic heterocycles. The highest BCUT2D eigenvalue weighted by Gasteiger charge is 2.56. The predicted molar refractivity (Wildman–Crippen MR) is 182 cm³/mol. The van der Waals surface area contributed by atoms with E-state index in [4.69, 9.17) is 42.6 Å². The minimum atomic E-state index is -1.58. The number of hydrogen-bond acceptors (Lipinski definition) is 14. The van der Waals surface area contributed by atoms with Crippen LogP contribution in [0, 0.1) is 0 Å². The van der Waals surface area contributed by atoms with Crippen LogP contribution in [0.25, 0.3) is 10.4 Å². The van der Waals surface area contributed by atoms with Crippen LogP contribution in [0.3, 0.4) is 0 Å². The highest BCUT2D eigenvalue weighted by atomic mass is 16.8. The van der Waals surface area contributed by atoms with Crippen molar-refractivity contribution in [3.63, 3.8) is 0 Å². The van der Waals surface area contributed by atoms with Gasteiger partial charge in [-0.2, -0.15) is 0 Å². The van der Waals surface area contributed by atoms with Gasteiger partial charge in [0.1, 0.15) is 37.1 Å². The average molecular weight is 736 g/mol. The van der Waals surface area contributed by atoms with Gasteiger partial charge in [-0.15, -0.1) is 0 Å². The molecule has 0 spiro atoms. The molecule has 1 N–H and O–H groups in total. The lowest BCUT2D eigenvalue weighted by Gasteiger charge is -2.48. The minimum Gasteiger partial charge on any atom is -0.467 e. The maximum absolute atomic E-state index is 13.5. The monoisotopic (exact) mass is 735 g/mol. The zero-order valence-electron chi connectivity index (χ0n) is 29.2. The Kier molecular flexibility index (Phi) is 14.3. The largest absolute Gasteiger partial charge is 0.467 e. The van der Waals surface area contributed by atoms with Crippen molar-refractivity contribution >= 4 is 17.9 Å². The van der Waals surface area contributed by atoms with Gasteiger partial charge in [0.15, 0.2) is 24.8 Å². The molecule has 5 rings (SSSR count). The maximum atomic E-state index is 13.5. The quantitative estimate of drug-likeness (QED) is 0.0780. The first kappa shape index (κ1) is 39.3. The van der Waals surface area contributed by atoms with Gasteiger partial charge in [0, 0.05) is 18.9 Å². The average Bonchev–Trinajstić information content (AvgIpc) is 3.18. The Labute approximate surface area is 305 Å². The molecular weight excluding hydrogens is 694 g/mol. The fourth-order valence-electron chi connectivity index (χ4n) is 5.95. The molecule has 0 amide bonds. The number of azide groups is 1. The maximum Gasteiger partial charge on any atom is 0.338 e. The number of aliphatic hydroxyl groups excluding tert-OH is 1. The number of rotatable bonds is 15. The van der Waals surface area contributed by atoms with E-state index in [9.17, 15) is 25.0 Å². The van der Waals surface area contributed by atoms with E-state index in [0.717, 1.165) is 18.2 Å². The van der Waals surface area contributed by atoms with Crippen LogP contribution in [0.15, 0.2) is 96.1 Å². The Morgan fingerprint density at radius 2 is 1.38 bits per heavy atom. The molecule has 0 bridgehead atoms. The van der Waals surface area contributed by atoms with Gasteiger partial charge < -0.3 is 47.7 Å². The summed E-state index contributed by atoms with van der Waals surface area (Å²) in [5.41, 5.74) is 11.4. The lowest BCUT2D eigenvalue weighted by atomic mass is 9.95. The molecule has 0 aromatic heterocycles. The fourth-order valence-corrected chi connectivity index (χ4v) is 5.95. The van der Waals surface area contributed by atoms with E-state index in [0.29, 0.717) is 0 Å². The molecule has 0 unspecified atom stereocenters. The van der Waals surface area contributed by atoms with Crippen LogP contribution in [-0.2, 0) is 65.4 Å². The molecule has 16 heteroatoms. The Hall–Kier alpha value is -4.90. The van der Waals surface area contributed by atoms with Crippen LogP contribution in [0.4, 0.5) is 0 Å². The summed E-state index contributed by atoms with van der Waals surface area (Å²) in [6.07, 6.45) is -12.7. The van der Waals surface area contributed by atoms with Crippen LogP contribution >= 0.6 is 0 Å². The third-order valence-electron chi connectivity index (χ3n) is 8.55. The van der Waals surface area contributed by atoms with Crippen molar-refractivity contribution in [2.24, 2.45) is 5.11 Å². The van der Waals surface area contributed by atoms with Gasteiger partial charge in [-0.1, -0.05) is 84.0 Å². The molecular formula is C37H41N3O13. The van der Waals surface area contributed by atoms with Crippen molar-refractivity contribution in [2.75, 3.05) is 20.8 Å². The van der Waals surface area contributed by atoms with Gasteiger partial charge in [-0.05, 0) is 28.8 Å². The second-order valence-corrected chi connectivity index (χ2v) is 12.1. The number of nitrogens with zero attached hydrogens (tertiary/aromatic N) is 3. The first-order valence-corrected chi connectivity index (χ1v) is 16.7. The molecule has 2 aliphatic rings. The lowest BCUT2D eigenvalue weighted by molar-refractivity contribution is -0.343. The SMILES string of the molecule is COC(=O)[C@@H]1O[C@@H](OC)[C@H](OC(=O)c2ccccc2)[C@@H](OCc2ccccc2)[C@@H]1O[C@H]1O[C@H](COC(C)=O)[C@@H](O)[C@H](OCc2ccccc2)[C@H]1N=[N+]=[N-]. The number of benzene rings is 3. The second-order valence-electron chi connectivity index (χ2n) is 12.1. The zero-order chi connectivity index (χ0) is 37.7. The molecule has 0 aliphatic carbocycles. The number of carbonyl (C=O) groups is 3. The smallest absolute Gasteiger partial charge is 0.338 e. The Balaban J connectivity index is 1.54. The lowest BCUT2D eigenvalue weighted by Crippen LogP contribution is -2.66. The summed E-state index contributed by atoms with van der Waals surface area (Å²) in [7, 11) is 2.44. The predicted octanol–water partition coefficient (Wildman–Crippen LogP) is 3.64. The fraction of sp³-hybridized carbons (Fsp3) is 0.432. The van der Waals surface area contributed by atoms with Gasteiger partial charge in [-0.25, -0.2) is 9.59 Å². The number of methoxy groups -OCH3 is 2. The molecule has 2 saturated heterocycles. The van der Waals surface area contributed by atoms with Crippen molar-refractivity contribution in [2.45, 2.75) is 81.5 Å². The third kappa shape index (κ3) is 10.2. The van der Waals surface area contributed by atoms with Gasteiger partial charge in [0.25, 0.3) is 0 Å². The summed E-state index contributed by atoms with van der Waals surface area (Å²) < 4.78 is 53.0. The number of aliphatic hydroxyl groups is 1. The molecule has 0 radical (unpaired) electrons. The highest BCUT2D eigenvalue weighted by Crippen LogP contribution is 2.35. The number of ether oxygens (including phenoxy) is 9. The van der Waals surface area contributed by atoms with Gasteiger partial charge in [0.2, 0.25) is 0 Å². The molecule has 2 fully saturated rings. The zero-order valence-corrected chi connectivity index (χ0v) is 29.2. The van der Waals surface area contributed by atoms with Gasteiger partial charge in [-0.3, -0.25) is 4.79 Å². The van der Waals surface area contributed by atoms with Gasteiger partial charge in [0.05, 0.1) is 32.0 Å². The van der Waals surface area contributed by atoms with Crippen LogP contribution in [-0.4, -0.2) is 105 Å². The van der Waals surface area contributed by atoms with E-state index < -0.39 is 85.9 Å². The molecule has 3 aromatic rings. The van der Waals surface area contributed by atoms with Gasteiger partial charge >= 0.3 is 17.9 Å². The molecule has 282 valence electrons. The van der Waals surface area contributed by atoms with Crippen molar-refractivity contribution in [3.05, 3.63) is 118 Å². The molecule has 16 nitrogen and oxygen atoms in total. The van der Waals surface area contributed by atoms with E-state index in [2.05, 4.69) is 10.0 Å². The Morgan fingerprint density at radius 3 is 1.92 bits per heavy atom.